The quantitative estimate of drug-likeness (QED) is 0.549. The number of hydrogen-bond donors (Lipinski definition) is 1. The fourth-order valence-corrected chi connectivity index (χ4v) is 5.35. The molecule has 1 aromatic heterocycles. The van der Waals surface area contributed by atoms with E-state index in [1.807, 2.05) is 51.4 Å². The number of anilines is 2. The second-order valence-corrected chi connectivity index (χ2v) is 9.80. The van der Waals surface area contributed by atoms with Gasteiger partial charge in [-0.2, -0.15) is 0 Å². The van der Waals surface area contributed by atoms with Crippen LogP contribution in [0.5, 0.6) is 0 Å². The number of nitrogens with zero attached hydrogens (tertiary/aromatic N) is 4. The number of rotatable bonds is 6. The summed E-state index contributed by atoms with van der Waals surface area (Å²) < 4.78 is 5.58. The van der Waals surface area contributed by atoms with E-state index in [1.165, 1.54) is 5.69 Å². The Morgan fingerprint density at radius 1 is 1.11 bits per heavy atom. The van der Waals surface area contributed by atoms with Gasteiger partial charge in [0.15, 0.2) is 0 Å². The maximum atomic E-state index is 12.2. The van der Waals surface area contributed by atoms with Gasteiger partial charge in [-0.05, 0) is 62.6 Å². The zero-order valence-corrected chi connectivity index (χ0v) is 20.6. The molecule has 1 unspecified atom stereocenters. The molecule has 0 aliphatic carbocycles. The number of aryl methyl sites for hydroxylation is 1. The van der Waals surface area contributed by atoms with Crippen molar-refractivity contribution in [1.82, 2.24) is 14.9 Å². The summed E-state index contributed by atoms with van der Waals surface area (Å²) in [7, 11) is 4.09. The lowest BCUT2D eigenvalue weighted by Crippen LogP contribution is -2.54. The van der Waals surface area contributed by atoms with Crippen LogP contribution in [0, 0.1) is 12.8 Å². The fourth-order valence-electron chi connectivity index (χ4n) is 5.35. The summed E-state index contributed by atoms with van der Waals surface area (Å²) in [5, 5.41) is 2.80. The number of fused-ring (bicyclic) bond motifs is 3. The number of piperidine rings is 3. The highest BCUT2D eigenvalue weighted by Crippen LogP contribution is 2.42. The first kappa shape index (κ1) is 23.3. The Bertz CT molecular complexity index is 1170. The van der Waals surface area contributed by atoms with Crippen LogP contribution >= 0.6 is 0 Å². The number of hydrogen-bond acceptors (Lipinski definition) is 6. The lowest BCUT2D eigenvalue weighted by atomic mass is 9.74. The Kier molecular flexibility index (Phi) is 6.68. The van der Waals surface area contributed by atoms with Gasteiger partial charge in [-0.15, -0.1) is 0 Å². The number of carbonyl (C=O) groups is 1. The van der Waals surface area contributed by atoms with Gasteiger partial charge in [0.1, 0.15) is 12.4 Å². The lowest BCUT2D eigenvalue weighted by molar-refractivity contribution is -0.00151. The molecule has 4 heterocycles. The van der Waals surface area contributed by atoms with Crippen molar-refractivity contribution in [1.29, 1.82) is 0 Å². The molecule has 6 rings (SSSR count). The fraction of sp³-hybridized carbons (Fsp3) is 0.393. The minimum Gasteiger partial charge on any atom is -0.448 e. The van der Waals surface area contributed by atoms with Gasteiger partial charge in [0, 0.05) is 55.2 Å². The number of amides is 1. The van der Waals surface area contributed by atoms with Crippen LogP contribution in [0.15, 0.2) is 60.7 Å². The lowest BCUT2D eigenvalue weighted by Gasteiger charge is -2.49. The molecule has 182 valence electrons. The number of carbonyl (C=O) groups excluding carboxylic acids is 1. The summed E-state index contributed by atoms with van der Waals surface area (Å²) in [6.07, 6.45) is 1.76. The van der Waals surface area contributed by atoms with Crippen LogP contribution < -0.4 is 10.2 Å². The van der Waals surface area contributed by atoms with E-state index in [0.29, 0.717) is 18.4 Å². The minimum atomic E-state index is -0.397. The highest BCUT2D eigenvalue weighted by Gasteiger charge is 2.42. The van der Waals surface area contributed by atoms with Crippen molar-refractivity contribution < 1.29 is 9.53 Å². The highest BCUT2D eigenvalue weighted by molar-refractivity contribution is 5.84. The van der Waals surface area contributed by atoms with Gasteiger partial charge in [0.2, 0.25) is 0 Å². The molecule has 1 amide bonds. The monoisotopic (exact) mass is 471 g/mol. The van der Waals surface area contributed by atoms with Gasteiger partial charge < -0.3 is 9.64 Å². The van der Waals surface area contributed by atoms with Crippen LogP contribution in [0.4, 0.5) is 16.2 Å². The molecule has 35 heavy (non-hydrogen) atoms. The van der Waals surface area contributed by atoms with E-state index < -0.39 is 6.09 Å². The molecule has 0 saturated carbocycles. The molecule has 3 aromatic rings. The van der Waals surface area contributed by atoms with Crippen molar-refractivity contribution in [2.24, 2.45) is 5.92 Å². The maximum absolute atomic E-state index is 12.2. The first-order valence-corrected chi connectivity index (χ1v) is 12.3. The number of nitrogens with one attached hydrogen (secondary N) is 1. The van der Waals surface area contributed by atoms with Gasteiger partial charge in [-0.3, -0.25) is 10.2 Å². The van der Waals surface area contributed by atoms with E-state index in [4.69, 9.17) is 14.7 Å². The predicted octanol–water partition coefficient (Wildman–Crippen LogP) is 4.94. The van der Waals surface area contributed by atoms with Crippen LogP contribution in [-0.2, 0) is 4.74 Å². The Labute approximate surface area is 207 Å². The molecule has 7 nitrogen and oxygen atoms in total. The molecule has 3 aliphatic heterocycles. The molecule has 3 aliphatic rings. The van der Waals surface area contributed by atoms with Gasteiger partial charge >= 0.3 is 6.09 Å². The largest absolute Gasteiger partial charge is 0.448 e. The molecular formula is C28H33N5O2. The SMILES string of the molecule is Cc1nc(-c2ccc(N(C)C)cc2)cc([C@H]2CN3CC[C@H]2C[C@@H]3COC(=O)Nc2ccccc2)n1. The van der Waals surface area contributed by atoms with Crippen LogP contribution in [-0.4, -0.2) is 60.8 Å². The van der Waals surface area contributed by atoms with Gasteiger partial charge in [0.05, 0.1) is 5.69 Å². The Morgan fingerprint density at radius 2 is 1.89 bits per heavy atom. The van der Waals surface area contributed by atoms with Crippen molar-refractivity contribution in [3.8, 4) is 11.3 Å². The van der Waals surface area contributed by atoms with Crippen molar-refractivity contribution in [3.05, 3.63) is 72.2 Å². The zero-order valence-electron chi connectivity index (χ0n) is 20.6. The van der Waals surface area contributed by atoms with Crippen LogP contribution in [0.25, 0.3) is 11.3 Å². The average molecular weight is 472 g/mol. The van der Waals surface area contributed by atoms with Crippen molar-refractivity contribution >= 4 is 17.5 Å². The molecule has 0 spiro atoms. The summed E-state index contributed by atoms with van der Waals surface area (Å²) in [6, 6.07) is 20.3. The van der Waals surface area contributed by atoms with E-state index in [2.05, 4.69) is 45.4 Å². The standard InChI is InChI=1S/C28H33N5O2/c1-19-29-26(20-9-11-23(12-10-20)32(2)3)16-27(30-19)25-17-33-14-13-21(25)15-24(33)18-35-28(34)31-22-7-5-4-6-8-22/h4-12,16,21,24-25H,13-15,17-18H2,1-3H3,(H,31,34)/t21-,24+,25-/m0/s1. The zero-order chi connectivity index (χ0) is 24.4. The van der Waals surface area contributed by atoms with Crippen LogP contribution in [0.2, 0.25) is 0 Å². The first-order chi connectivity index (χ1) is 17.0. The third-order valence-corrected chi connectivity index (χ3v) is 7.22. The Balaban J connectivity index is 1.24. The van der Waals surface area contributed by atoms with Gasteiger partial charge in [-0.1, -0.05) is 30.3 Å². The molecular weight excluding hydrogens is 438 g/mol. The van der Waals surface area contributed by atoms with Gasteiger partial charge in [-0.25, -0.2) is 14.8 Å². The molecule has 7 heteroatoms. The van der Waals surface area contributed by atoms with Gasteiger partial charge in [0.25, 0.3) is 0 Å². The summed E-state index contributed by atoms with van der Waals surface area (Å²) in [6.45, 7) is 4.37. The van der Waals surface area contributed by atoms with Crippen molar-refractivity contribution in [2.45, 2.75) is 31.7 Å². The molecule has 3 fully saturated rings. The average Bonchev–Trinajstić information content (AvgIpc) is 2.88. The smallest absolute Gasteiger partial charge is 0.411 e. The number of ether oxygens (including phenoxy) is 1. The first-order valence-electron chi connectivity index (χ1n) is 12.3. The van der Waals surface area contributed by atoms with Crippen molar-refractivity contribution in [3.63, 3.8) is 0 Å². The Morgan fingerprint density at radius 3 is 2.57 bits per heavy atom. The minimum absolute atomic E-state index is 0.257. The second-order valence-electron chi connectivity index (χ2n) is 9.80. The van der Waals surface area contributed by atoms with E-state index >= 15 is 0 Å². The molecule has 3 saturated heterocycles. The third-order valence-electron chi connectivity index (χ3n) is 7.22. The normalized spacial score (nSPS) is 23.1. The van der Waals surface area contributed by atoms with E-state index in [1.54, 1.807) is 0 Å². The molecule has 0 radical (unpaired) electrons. The van der Waals surface area contributed by atoms with E-state index in [0.717, 1.165) is 54.4 Å². The molecule has 4 atom stereocenters. The number of aromatic nitrogens is 2. The third kappa shape index (κ3) is 5.30. The maximum Gasteiger partial charge on any atom is 0.411 e. The topological polar surface area (TPSA) is 70.6 Å². The van der Waals surface area contributed by atoms with Crippen LogP contribution in [0.1, 0.15) is 30.3 Å². The molecule has 2 bridgehead atoms. The number of benzene rings is 2. The Hall–Kier alpha value is -3.45. The van der Waals surface area contributed by atoms with E-state index in [-0.39, 0.29) is 6.04 Å². The van der Waals surface area contributed by atoms with Crippen molar-refractivity contribution in [2.75, 3.05) is 44.0 Å². The molecule has 2 aromatic carbocycles. The highest BCUT2D eigenvalue weighted by atomic mass is 16.5. The van der Waals surface area contributed by atoms with Crippen LogP contribution in [0.3, 0.4) is 0 Å². The molecule has 1 N–H and O–H groups in total. The van der Waals surface area contributed by atoms with E-state index in [9.17, 15) is 4.79 Å². The number of para-hydroxylation sites is 1. The second kappa shape index (κ2) is 10.0. The summed E-state index contributed by atoms with van der Waals surface area (Å²) in [5.74, 6) is 1.71. The summed E-state index contributed by atoms with van der Waals surface area (Å²) in [5.41, 5.74) is 5.13. The summed E-state index contributed by atoms with van der Waals surface area (Å²) in [4.78, 5) is 26.4. The predicted molar refractivity (Wildman–Crippen MR) is 139 cm³/mol. The summed E-state index contributed by atoms with van der Waals surface area (Å²) >= 11 is 0.